The lowest BCUT2D eigenvalue weighted by Crippen LogP contribution is -2.43. The first-order valence-corrected chi connectivity index (χ1v) is 6.97. The van der Waals surface area contributed by atoms with E-state index in [0.29, 0.717) is 23.9 Å². The Morgan fingerprint density at radius 2 is 2.33 bits per heavy atom. The van der Waals surface area contributed by atoms with E-state index in [0.717, 1.165) is 6.54 Å². The maximum atomic E-state index is 12.1. The molecule has 1 aliphatic rings. The number of esters is 1. The van der Waals surface area contributed by atoms with E-state index in [9.17, 15) is 9.59 Å². The van der Waals surface area contributed by atoms with Gasteiger partial charge in [0.2, 0.25) is 5.91 Å². The number of anilines is 1. The van der Waals surface area contributed by atoms with Crippen molar-refractivity contribution in [1.82, 2.24) is 5.32 Å². The van der Waals surface area contributed by atoms with Crippen LogP contribution in [0, 0.1) is 0 Å². The highest BCUT2D eigenvalue weighted by molar-refractivity contribution is 6.31. The Balaban J connectivity index is 2.05. The van der Waals surface area contributed by atoms with E-state index in [1.807, 2.05) is 0 Å². The van der Waals surface area contributed by atoms with Crippen LogP contribution in [0.1, 0.15) is 16.8 Å². The van der Waals surface area contributed by atoms with Crippen LogP contribution in [0.2, 0.25) is 5.02 Å². The largest absolute Gasteiger partial charge is 0.465 e. The number of halogens is 1. The molecule has 1 saturated heterocycles. The normalized spacial score (nSPS) is 18.1. The van der Waals surface area contributed by atoms with Gasteiger partial charge in [-0.3, -0.25) is 4.79 Å². The Labute approximate surface area is 127 Å². The van der Waals surface area contributed by atoms with Crippen LogP contribution in [0.25, 0.3) is 0 Å². The van der Waals surface area contributed by atoms with Crippen molar-refractivity contribution < 1.29 is 19.1 Å². The molecule has 1 heterocycles. The molecule has 0 aromatic heterocycles. The predicted octanol–water partition coefficient (Wildman–Crippen LogP) is 1.44. The van der Waals surface area contributed by atoms with Crippen molar-refractivity contribution in [3.63, 3.8) is 0 Å². The summed E-state index contributed by atoms with van der Waals surface area (Å²) in [7, 11) is 1.28. The van der Waals surface area contributed by atoms with Crippen LogP contribution in [0.5, 0.6) is 0 Å². The first-order chi connectivity index (χ1) is 10.1. The number of rotatable bonds is 4. The van der Waals surface area contributed by atoms with E-state index in [4.69, 9.17) is 16.3 Å². The third kappa shape index (κ3) is 4.42. The summed E-state index contributed by atoms with van der Waals surface area (Å²) in [6, 6.07) is 4.59. The molecule has 2 rings (SSSR count). The average molecular weight is 313 g/mol. The minimum absolute atomic E-state index is 0.0282. The zero-order valence-electron chi connectivity index (χ0n) is 11.6. The Morgan fingerprint density at radius 1 is 1.52 bits per heavy atom. The summed E-state index contributed by atoms with van der Waals surface area (Å²) in [6.07, 6.45) is 0.257. The fraction of sp³-hybridized carbons (Fsp3) is 0.429. The van der Waals surface area contributed by atoms with Gasteiger partial charge in [0, 0.05) is 24.0 Å². The highest BCUT2D eigenvalue weighted by atomic mass is 35.5. The fourth-order valence-corrected chi connectivity index (χ4v) is 2.26. The molecule has 1 aliphatic heterocycles. The van der Waals surface area contributed by atoms with E-state index in [2.05, 4.69) is 15.4 Å². The molecule has 1 aromatic carbocycles. The van der Waals surface area contributed by atoms with Crippen molar-refractivity contribution in [2.75, 3.05) is 32.2 Å². The lowest BCUT2D eigenvalue weighted by molar-refractivity contribution is -0.117. The summed E-state index contributed by atoms with van der Waals surface area (Å²) >= 11 is 5.90. The van der Waals surface area contributed by atoms with Crippen molar-refractivity contribution in [2.24, 2.45) is 0 Å². The molecule has 1 amide bonds. The van der Waals surface area contributed by atoms with E-state index < -0.39 is 5.97 Å². The molecule has 0 spiro atoms. The summed E-state index contributed by atoms with van der Waals surface area (Å²) in [5.74, 6) is -0.744. The van der Waals surface area contributed by atoms with Gasteiger partial charge in [0.25, 0.3) is 0 Å². The van der Waals surface area contributed by atoms with Gasteiger partial charge in [-0.2, -0.15) is 0 Å². The SMILES string of the molecule is COC(=O)c1ccc(Cl)cc1NC(=O)CC1COCCN1. The number of hydrogen-bond acceptors (Lipinski definition) is 5. The number of morpholine rings is 1. The lowest BCUT2D eigenvalue weighted by Gasteiger charge is -2.23. The van der Waals surface area contributed by atoms with Gasteiger partial charge in [0.05, 0.1) is 31.6 Å². The summed E-state index contributed by atoms with van der Waals surface area (Å²) in [4.78, 5) is 23.7. The van der Waals surface area contributed by atoms with E-state index in [1.165, 1.54) is 19.2 Å². The average Bonchev–Trinajstić information content (AvgIpc) is 2.47. The first kappa shape index (κ1) is 15.8. The number of amides is 1. The maximum Gasteiger partial charge on any atom is 0.339 e. The zero-order valence-corrected chi connectivity index (χ0v) is 12.4. The molecule has 114 valence electrons. The Morgan fingerprint density at radius 3 is 3.00 bits per heavy atom. The molecule has 0 radical (unpaired) electrons. The van der Waals surface area contributed by atoms with Crippen molar-refractivity contribution >= 4 is 29.2 Å². The molecule has 1 atom stereocenters. The van der Waals surface area contributed by atoms with Gasteiger partial charge in [0.1, 0.15) is 0 Å². The number of carbonyl (C=O) groups is 2. The van der Waals surface area contributed by atoms with Gasteiger partial charge in [-0.1, -0.05) is 11.6 Å². The summed E-state index contributed by atoms with van der Waals surface area (Å²) in [5, 5.41) is 6.31. The topological polar surface area (TPSA) is 76.7 Å². The van der Waals surface area contributed by atoms with E-state index in [1.54, 1.807) is 6.07 Å². The van der Waals surface area contributed by atoms with Crippen LogP contribution < -0.4 is 10.6 Å². The van der Waals surface area contributed by atoms with Gasteiger partial charge in [-0.05, 0) is 18.2 Å². The number of benzene rings is 1. The number of carbonyl (C=O) groups excluding carboxylic acids is 2. The van der Waals surface area contributed by atoms with Crippen molar-refractivity contribution in [3.05, 3.63) is 28.8 Å². The molecule has 6 nitrogen and oxygen atoms in total. The van der Waals surface area contributed by atoms with Crippen LogP contribution in [-0.4, -0.2) is 44.8 Å². The van der Waals surface area contributed by atoms with Crippen LogP contribution >= 0.6 is 11.6 Å². The van der Waals surface area contributed by atoms with E-state index in [-0.39, 0.29) is 23.9 Å². The van der Waals surface area contributed by atoms with Gasteiger partial charge in [0.15, 0.2) is 0 Å². The lowest BCUT2D eigenvalue weighted by atomic mass is 10.1. The quantitative estimate of drug-likeness (QED) is 0.823. The predicted molar refractivity (Wildman–Crippen MR) is 78.6 cm³/mol. The summed E-state index contributed by atoms with van der Waals surface area (Å²) in [6.45, 7) is 1.87. The standard InChI is InChI=1S/C14H17ClN2O4/c1-20-14(19)11-3-2-9(15)6-12(11)17-13(18)7-10-8-21-5-4-16-10/h2-3,6,10,16H,4-5,7-8H2,1H3,(H,17,18). The van der Waals surface area contributed by atoms with Crippen LogP contribution in [-0.2, 0) is 14.3 Å². The fourth-order valence-electron chi connectivity index (χ4n) is 2.08. The summed E-state index contributed by atoms with van der Waals surface area (Å²) in [5.41, 5.74) is 0.610. The van der Waals surface area contributed by atoms with Gasteiger partial charge in [-0.25, -0.2) is 4.79 Å². The smallest absolute Gasteiger partial charge is 0.339 e. The minimum Gasteiger partial charge on any atom is -0.465 e. The van der Waals surface area contributed by atoms with Crippen molar-refractivity contribution in [3.8, 4) is 0 Å². The molecule has 21 heavy (non-hydrogen) atoms. The third-order valence-electron chi connectivity index (χ3n) is 3.09. The van der Waals surface area contributed by atoms with E-state index >= 15 is 0 Å². The second-order valence-electron chi connectivity index (χ2n) is 4.66. The molecule has 1 unspecified atom stereocenters. The molecular weight excluding hydrogens is 296 g/mol. The Hall–Kier alpha value is -1.63. The summed E-state index contributed by atoms with van der Waals surface area (Å²) < 4.78 is 9.98. The van der Waals surface area contributed by atoms with Crippen LogP contribution in [0.3, 0.4) is 0 Å². The molecule has 1 fully saturated rings. The number of ether oxygens (including phenoxy) is 2. The van der Waals surface area contributed by atoms with Gasteiger partial charge >= 0.3 is 5.97 Å². The molecule has 2 N–H and O–H groups in total. The van der Waals surface area contributed by atoms with Crippen LogP contribution in [0.4, 0.5) is 5.69 Å². The minimum atomic E-state index is -0.527. The highest BCUT2D eigenvalue weighted by Crippen LogP contribution is 2.22. The molecular formula is C14H17ClN2O4. The Kier molecular flexibility index (Phi) is 5.55. The molecule has 1 aromatic rings. The van der Waals surface area contributed by atoms with Crippen molar-refractivity contribution in [2.45, 2.75) is 12.5 Å². The van der Waals surface area contributed by atoms with Crippen LogP contribution in [0.15, 0.2) is 18.2 Å². The monoisotopic (exact) mass is 312 g/mol. The molecule has 0 aliphatic carbocycles. The molecule has 0 saturated carbocycles. The number of hydrogen-bond donors (Lipinski definition) is 2. The second kappa shape index (κ2) is 7.40. The Bertz CT molecular complexity index is 530. The highest BCUT2D eigenvalue weighted by Gasteiger charge is 2.19. The maximum absolute atomic E-state index is 12.1. The number of nitrogens with one attached hydrogen (secondary N) is 2. The van der Waals surface area contributed by atoms with Crippen molar-refractivity contribution in [1.29, 1.82) is 0 Å². The number of methoxy groups -OCH3 is 1. The van der Waals surface area contributed by atoms with Gasteiger partial charge in [-0.15, -0.1) is 0 Å². The second-order valence-corrected chi connectivity index (χ2v) is 5.10. The molecule has 0 bridgehead atoms. The first-order valence-electron chi connectivity index (χ1n) is 6.59. The zero-order chi connectivity index (χ0) is 15.2. The molecule has 7 heteroatoms. The van der Waals surface area contributed by atoms with Gasteiger partial charge < -0.3 is 20.1 Å². The third-order valence-corrected chi connectivity index (χ3v) is 3.33.